The molecular formula is C24H37ClO5. The number of ether oxygens (including phenoxy) is 2. The van der Waals surface area contributed by atoms with Gasteiger partial charge in [0.1, 0.15) is 12.7 Å². The molecule has 4 atom stereocenters. The van der Waals surface area contributed by atoms with Gasteiger partial charge in [-0.3, -0.25) is 9.59 Å². The summed E-state index contributed by atoms with van der Waals surface area (Å²) < 4.78 is 10.9. The molecule has 0 aromatic heterocycles. The Kier molecular flexibility index (Phi) is 10.9. The molecule has 0 amide bonds. The Bertz CT molecular complexity index is 677. The van der Waals surface area contributed by atoms with Crippen LogP contribution in [-0.4, -0.2) is 40.7 Å². The lowest BCUT2D eigenvalue weighted by atomic mass is 9.86. The van der Waals surface area contributed by atoms with Crippen LogP contribution in [0.1, 0.15) is 73.1 Å². The van der Waals surface area contributed by atoms with Crippen molar-refractivity contribution in [3.8, 4) is 0 Å². The van der Waals surface area contributed by atoms with E-state index in [1.54, 1.807) is 0 Å². The molecule has 4 unspecified atom stereocenters. The zero-order valence-electron chi connectivity index (χ0n) is 19.0. The molecule has 0 bridgehead atoms. The normalized spacial score (nSPS) is 29.1. The lowest BCUT2D eigenvalue weighted by Gasteiger charge is -2.29. The van der Waals surface area contributed by atoms with Gasteiger partial charge in [0.05, 0.1) is 11.0 Å². The number of carbonyl (C=O) groups excluding carboxylic acids is 2. The minimum atomic E-state index is -0.747. The molecule has 0 spiro atoms. The van der Waals surface area contributed by atoms with Gasteiger partial charge < -0.3 is 14.6 Å². The molecule has 0 saturated heterocycles. The number of aliphatic hydroxyl groups excluding tert-OH is 1. The molecule has 0 saturated carbocycles. The van der Waals surface area contributed by atoms with Gasteiger partial charge in [-0.1, -0.05) is 23.8 Å². The molecule has 1 rings (SSSR count). The van der Waals surface area contributed by atoms with Crippen LogP contribution in [-0.2, 0) is 19.1 Å². The molecule has 0 fully saturated rings. The molecule has 0 aromatic rings. The number of carbonyl (C=O) groups is 2. The van der Waals surface area contributed by atoms with Crippen molar-refractivity contribution in [2.24, 2.45) is 5.92 Å². The van der Waals surface area contributed by atoms with E-state index in [0.29, 0.717) is 19.3 Å². The van der Waals surface area contributed by atoms with Gasteiger partial charge in [-0.05, 0) is 70.9 Å². The van der Waals surface area contributed by atoms with E-state index in [1.807, 2.05) is 19.9 Å². The van der Waals surface area contributed by atoms with Crippen LogP contribution in [0.3, 0.4) is 0 Å². The Morgan fingerprint density at radius 1 is 1.23 bits per heavy atom. The number of hydrogen-bond donors (Lipinski definition) is 1. The van der Waals surface area contributed by atoms with Crippen LogP contribution in [0.2, 0.25) is 0 Å². The summed E-state index contributed by atoms with van der Waals surface area (Å²) in [4.78, 5) is 22.4. The molecule has 0 aromatic carbocycles. The number of hydrogen-bond acceptors (Lipinski definition) is 5. The zero-order chi connectivity index (χ0) is 22.9. The van der Waals surface area contributed by atoms with Crippen molar-refractivity contribution < 1.29 is 24.2 Å². The van der Waals surface area contributed by atoms with Gasteiger partial charge in [0, 0.05) is 19.8 Å². The number of esters is 2. The Morgan fingerprint density at radius 2 is 1.90 bits per heavy atom. The molecule has 1 N–H and O–H groups in total. The first-order valence-corrected chi connectivity index (χ1v) is 11.0. The molecule has 0 heterocycles. The van der Waals surface area contributed by atoms with Crippen molar-refractivity contribution in [2.45, 2.75) is 90.2 Å². The summed E-state index contributed by atoms with van der Waals surface area (Å²) in [5.41, 5.74) is 2.95. The fourth-order valence-electron chi connectivity index (χ4n) is 3.62. The van der Waals surface area contributed by atoms with Crippen molar-refractivity contribution in [3.05, 3.63) is 35.5 Å². The van der Waals surface area contributed by atoms with E-state index in [9.17, 15) is 14.7 Å². The Balaban J connectivity index is 3.31. The van der Waals surface area contributed by atoms with Gasteiger partial charge >= 0.3 is 11.9 Å². The average molecular weight is 441 g/mol. The number of rotatable bonds is 4. The van der Waals surface area contributed by atoms with E-state index in [-0.39, 0.29) is 24.5 Å². The van der Waals surface area contributed by atoms with Crippen molar-refractivity contribution in [2.75, 3.05) is 6.61 Å². The Labute approximate surface area is 186 Å². The lowest BCUT2D eigenvalue weighted by Crippen LogP contribution is -2.34. The van der Waals surface area contributed by atoms with Crippen molar-refractivity contribution in [1.29, 1.82) is 0 Å². The first kappa shape index (κ1) is 26.4. The van der Waals surface area contributed by atoms with E-state index in [0.717, 1.165) is 30.4 Å². The first-order valence-electron chi connectivity index (χ1n) is 10.6. The molecule has 0 aliphatic heterocycles. The minimum Gasteiger partial charge on any atom is -0.461 e. The SMILES string of the molecule is C=C(C)C1CCC(C)=CCCC(C)(Cl)C(O)CCC(COC(C)=O)=CC1OC(C)=O. The van der Waals surface area contributed by atoms with Crippen molar-refractivity contribution in [1.82, 2.24) is 0 Å². The third kappa shape index (κ3) is 9.48. The molecule has 0 radical (unpaired) electrons. The molecule has 1 aliphatic carbocycles. The van der Waals surface area contributed by atoms with Crippen molar-refractivity contribution in [3.63, 3.8) is 0 Å². The lowest BCUT2D eigenvalue weighted by molar-refractivity contribution is -0.146. The van der Waals surface area contributed by atoms with Gasteiger partial charge in [-0.25, -0.2) is 0 Å². The van der Waals surface area contributed by atoms with E-state index in [4.69, 9.17) is 21.1 Å². The van der Waals surface area contributed by atoms with Crippen LogP contribution < -0.4 is 0 Å². The predicted octanol–water partition coefficient (Wildman–Crippen LogP) is 5.26. The Morgan fingerprint density at radius 3 is 2.47 bits per heavy atom. The summed E-state index contributed by atoms with van der Waals surface area (Å²) >= 11 is 6.61. The third-order valence-corrected chi connectivity index (χ3v) is 6.04. The highest BCUT2D eigenvalue weighted by molar-refractivity contribution is 6.24. The van der Waals surface area contributed by atoms with Crippen LogP contribution in [0, 0.1) is 5.92 Å². The largest absolute Gasteiger partial charge is 0.461 e. The number of alkyl halides is 1. The molecule has 1 aliphatic rings. The van der Waals surface area contributed by atoms with Crippen LogP contribution in [0.15, 0.2) is 35.5 Å². The highest BCUT2D eigenvalue weighted by Gasteiger charge is 2.30. The molecule has 6 heteroatoms. The summed E-state index contributed by atoms with van der Waals surface area (Å²) in [7, 11) is 0. The molecular weight excluding hydrogens is 404 g/mol. The van der Waals surface area contributed by atoms with E-state index in [2.05, 4.69) is 19.6 Å². The van der Waals surface area contributed by atoms with Crippen LogP contribution in [0.4, 0.5) is 0 Å². The second-order valence-corrected chi connectivity index (χ2v) is 9.46. The molecule has 30 heavy (non-hydrogen) atoms. The standard InChI is InChI=1S/C24H37ClO5/c1-16(2)21-11-9-17(3)8-7-13-24(6,25)23(28)12-10-20(15-29-18(4)26)14-22(21)30-19(5)27/h8,14,21-23,28H,1,7,9-13,15H2,2-6H3. The maximum Gasteiger partial charge on any atom is 0.303 e. The van der Waals surface area contributed by atoms with Crippen LogP contribution in [0.25, 0.3) is 0 Å². The maximum absolute atomic E-state index is 11.8. The van der Waals surface area contributed by atoms with Gasteiger partial charge in [-0.15, -0.1) is 11.6 Å². The average Bonchev–Trinajstić information content (AvgIpc) is 2.61. The van der Waals surface area contributed by atoms with Crippen LogP contribution >= 0.6 is 11.6 Å². The van der Waals surface area contributed by atoms with E-state index < -0.39 is 17.1 Å². The predicted molar refractivity (Wildman–Crippen MR) is 120 cm³/mol. The summed E-state index contributed by atoms with van der Waals surface area (Å²) in [5, 5.41) is 10.7. The Hall–Kier alpha value is -1.59. The smallest absolute Gasteiger partial charge is 0.303 e. The number of allylic oxidation sites excluding steroid dienone is 2. The monoisotopic (exact) mass is 440 g/mol. The number of aliphatic hydroxyl groups is 1. The quantitative estimate of drug-likeness (QED) is 0.366. The summed E-state index contributed by atoms with van der Waals surface area (Å²) in [6.45, 7) is 12.8. The second kappa shape index (κ2) is 12.3. The zero-order valence-corrected chi connectivity index (χ0v) is 19.8. The van der Waals surface area contributed by atoms with E-state index in [1.165, 1.54) is 19.4 Å². The van der Waals surface area contributed by atoms with Gasteiger partial charge in [-0.2, -0.15) is 0 Å². The van der Waals surface area contributed by atoms with Crippen molar-refractivity contribution >= 4 is 23.5 Å². The van der Waals surface area contributed by atoms with Crippen LogP contribution in [0.5, 0.6) is 0 Å². The van der Waals surface area contributed by atoms with Gasteiger partial charge in [0.25, 0.3) is 0 Å². The fourth-order valence-corrected chi connectivity index (χ4v) is 3.84. The minimum absolute atomic E-state index is 0.0595. The first-order chi connectivity index (χ1) is 13.9. The fraction of sp³-hybridized carbons (Fsp3) is 0.667. The molecule has 170 valence electrons. The van der Waals surface area contributed by atoms with Gasteiger partial charge in [0.15, 0.2) is 0 Å². The topological polar surface area (TPSA) is 72.8 Å². The maximum atomic E-state index is 11.8. The highest BCUT2D eigenvalue weighted by atomic mass is 35.5. The summed E-state index contributed by atoms with van der Waals surface area (Å²) in [6, 6.07) is 0. The highest BCUT2D eigenvalue weighted by Crippen LogP contribution is 2.32. The molecule has 5 nitrogen and oxygen atoms in total. The summed E-state index contributed by atoms with van der Waals surface area (Å²) in [6.07, 6.45) is 6.75. The number of halogens is 1. The summed E-state index contributed by atoms with van der Waals surface area (Å²) in [5.74, 6) is -0.828. The van der Waals surface area contributed by atoms with Gasteiger partial charge in [0.2, 0.25) is 0 Å². The second-order valence-electron chi connectivity index (χ2n) is 8.59. The third-order valence-electron chi connectivity index (χ3n) is 5.60. The van der Waals surface area contributed by atoms with E-state index >= 15 is 0 Å².